The molecule has 3 aromatic carbocycles. The summed E-state index contributed by atoms with van der Waals surface area (Å²) in [5.41, 5.74) is 4.14. The number of rotatable bonds is 8. The van der Waals surface area contributed by atoms with E-state index in [1.165, 1.54) is 5.56 Å². The van der Waals surface area contributed by atoms with Crippen molar-refractivity contribution in [1.82, 2.24) is 19.7 Å². The van der Waals surface area contributed by atoms with Crippen molar-refractivity contribution in [2.45, 2.75) is 38.9 Å². The maximum Gasteiger partial charge on any atom is 0.350 e. The second-order valence-corrected chi connectivity index (χ2v) is 10.1. The maximum atomic E-state index is 13.3. The molecule has 0 bridgehead atoms. The lowest BCUT2D eigenvalue weighted by molar-refractivity contribution is 0.334. The van der Waals surface area contributed by atoms with E-state index in [1.807, 2.05) is 49.4 Å². The van der Waals surface area contributed by atoms with Crippen LogP contribution in [0.5, 0.6) is 5.75 Å². The molecule has 198 valence electrons. The van der Waals surface area contributed by atoms with E-state index in [2.05, 4.69) is 58.3 Å². The highest BCUT2D eigenvalue weighted by molar-refractivity contribution is 5.54. The van der Waals surface area contributed by atoms with Gasteiger partial charge in [0.15, 0.2) is 0 Å². The largest absolute Gasteiger partial charge is 0.508 e. The third-order valence-electron chi connectivity index (χ3n) is 7.60. The molecule has 1 aliphatic heterocycles. The van der Waals surface area contributed by atoms with E-state index in [-0.39, 0.29) is 29.6 Å². The lowest BCUT2D eigenvalue weighted by Gasteiger charge is -2.37. The fourth-order valence-electron chi connectivity index (χ4n) is 5.07. The van der Waals surface area contributed by atoms with Crippen LogP contribution in [0.3, 0.4) is 0 Å². The van der Waals surface area contributed by atoms with Crippen molar-refractivity contribution in [2.75, 3.05) is 36.0 Å². The van der Waals surface area contributed by atoms with Gasteiger partial charge in [0.2, 0.25) is 0 Å². The zero-order valence-corrected chi connectivity index (χ0v) is 22.2. The van der Waals surface area contributed by atoms with Gasteiger partial charge in [-0.15, -0.1) is 0 Å². The number of anilines is 2. The predicted octanol–water partition coefficient (Wildman–Crippen LogP) is 4.37. The van der Waals surface area contributed by atoms with Crippen LogP contribution in [-0.4, -0.2) is 51.7 Å². The lowest BCUT2D eigenvalue weighted by atomic mass is 10.1. The summed E-state index contributed by atoms with van der Waals surface area (Å²) in [5, 5.41) is 17.6. The Morgan fingerprint density at radius 1 is 0.763 bits per heavy atom. The lowest BCUT2D eigenvalue weighted by Crippen LogP contribution is -2.46. The molecule has 1 fully saturated rings. The fraction of sp³-hybridized carbons (Fsp3) is 0.333. The van der Waals surface area contributed by atoms with Gasteiger partial charge in [-0.05, 0) is 74.9 Å². The van der Waals surface area contributed by atoms with Crippen molar-refractivity contribution in [3.63, 3.8) is 0 Å². The number of benzene rings is 3. The Balaban J connectivity index is 1.22. The van der Waals surface area contributed by atoms with Crippen LogP contribution in [-0.2, 0) is 0 Å². The highest BCUT2D eigenvalue weighted by atomic mass is 16.3. The van der Waals surface area contributed by atoms with Crippen molar-refractivity contribution in [1.29, 1.82) is 0 Å². The van der Waals surface area contributed by atoms with Gasteiger partial charge in [0.05, 0.1) is 11.7 Å². The minimum atomic E-state index is -0.145. The number of aromatic nitrogens is 3. The summed E-state index contributed by atoms with van der Waals surface area (Å²) in [4.78, 5) is 17.9. The molecule has 3 atom stereocenters. The van der Waals surface area contributed by atoms with Crippen molar-refractivity contribution < 1.29 is 5.11 Å². The molecule has 0 amide bonds. The molecule has 8 heteroatoms. The Morgan fingerprint density at radius 3 is 1.87 bits per heavy atom. The quantitative estimate of drug-likeness (QED) is 0.365. The number of phenols is 1. The van der Waals surface area contributed by atoms with Crippen LogP contribution in [0.25, 0.3) is 5.69 Å². The Kier molecular flexibility index (Phi) is 7.51. The molecular weight excluding hydrogens is 476 g/mol. The van der Waals surface area contributed by atoms with Gasteiger partial charge < -0.3 is 20.2 Å². The number of aromatic hydroxyl groups is 1. The van der Waals surface area contributed by atoms with Crippen LogP contribution >= 0.6 is 0 Å². The highest BCUT2D eigenvalue weighted by Crippen LogP contribution is 2.23. The first-order valence-electron chi connectivity index (χ1n) is 13.3. The summed E-state index contributed by atoms with van der Waals surface area (Å²) in [6, 6.07) is 25.9. The smallest absolute Gasteiger partial charge is 0.350 e. The first kappa shape index (κ1) is 25.6. The third-order valence-corrected chi connectivity index (χ3v) is 7.60. The molecule has 2 N–H and O–H groups in total. The Hall–Kier alpha value is -4.04. The van der Waals surface area contributed by atoms with Crippen LogP contribution in [0.15, 0.2) is 90.0 Å². The van der Waals surface area contributed by atoms with E-state index in [0.717, 1.165) is 43.2 Å². The summed E-state index contributed by atoms with van der Waals surface area (Å²) in [6.45, 7) is 9.87. The Labute approximate surface area is 223 Å². The molecule has 1 aromatic heterocycles. The Morgan fingerprint density at radius 2 is 1.29 bits per heavy atom. The van der Waals surface area contributed by atoms with Crippen LogP contribution in [0.2, 0.25) is 0 Å². The summed E-state index contributed by atoms with van der Waals surface area (Å²) >= 11 is 0. The van der Waals surface area contributed by atoms with Crippen LogP contribution in [0.4, 0.5) is 11.4 Å². The number of piperazine rings is 1. The molecule has 1 aliphatic rings. The third kappa shape index (κ3) is 5.45. The molecule has 38 heavy (non-hydrogen) atoms. The van der Waals surface area contributed by atoms with Crippen LogP contribution in [0, 0.1) is 0 Å². The van der Waals surface area contributed by atoms with Gasteiger partial charge in [-0.3, -0.25) is 0 Å². The molecule has 8 nitrogen and oxygen atoms in total. The summed E-state index contributed by atoms with van der Waals surface area (Å²) in [5.74, 6) is 0.287. The summed E-state index contributed by atoms with van der Waals surface area (Å²) in [7, 11) is 0. The summed E-state index contributed by atoms with van der Waals surface area (Å²) < 4.78 is 3.17. The van der Waals surface area contributed by atoms with Gasteiger partial charge in [0.1, 0.15) is 12.1 Å². The van der Waals surface area contributed by atoms with Crippen molar-refractivity contribution in [3.8, 4) is 11.4 Å². The number of nitrogens with zero attached hydrogens (tertiary/aromatic N) is 5. The van der Waals surface area contributed by atoms with Crippen LogP contribution < -0.4 is 20.8 Å². The second kappa shape index (κ2) is 11.1. The molecule has 0 spiro atoms. The zero-order chi connectivity index (χ0) is 26.6. The normalized spacial score (nSPS) is 16.3. The molecule has 0 saturated carbocycles. The van der Waals surface area contributed by atoms with E-state index in [4.69, 9.17) is 0 Å². The molecule has 0 radical (unpaired) electrons. The first-order valence-corrected chi connectivity index (χ1v) is 13.3. The fourth-order valence-corrected chi connectivity index (χ4v) is 5.07. The van der Waals surface area contributed by atoms with Gasteiger partial charge in [-0.2, -0.15) is 5.10 Å². The predicted molar refractivity (Wildman–Crippen MR) is 153 cm³/mol. The molecule has 1 saturated heterocycles. The average molecular weight is 513 g/mol. The Bertz CT molecular complexity index is 1370. The van der Waals surface area contributed by atoms with Gasteiger partial charge in [0, 0.05) is 49.6 Å². The van der Waals surface area contributed by atoms with Crippen molar-refractivity contribution >= 4 is 11.4 Å². The van der Waals surface area contributed by atoms with Crippen LogP contribution in [0.1, 0.15) is 38.4 Å². The SMILES string of the molecule is C[C@H](N[C@@H](C)[C@H](C)n1ncn(-c2ccc(N3CCN(c4ccc(O)cc4)CC3)cc2)c1=O)c1ccccc1. The molecule has 4 aromatic rings. The molecule has 0 unspecified atom stereocenters. The molecule has 0 aliphatic carbocycles. The molecule has 5 rings (SSSR count). The average Bonchev–Trinajstić information content (AvgIpc) is 3.34. The van der Waals surface area contributed by atoms with Gasteiger partial charge in [-0.25, -0.2) is 14.0 Å². The van der Waals surface area contributed by atoms with Gasteiger partial charge >= 0.3 is 5.69 Å². The topological polar surface area (TPSA) is 78.6 Å². The summed E-state index contributed by atoms with van der Waals surface area (Å²) in [6.07, 6.45) is 1.61. The molecule has 2 heterocycles. The first-order chi connectivity index (χ1) is 18.4. The molecular formula is C30H36N6O2. The monoisotopic (exact) mass is 512 g/mol. The van der Waals surface area contributed by atoms with E-state index in [9.17, 15) is 9.90 Å². The van der Waals surface area contributed by atoms with Crippen molar-refractivity contribution in [3.05, 3.63) is 101 Å². The zero-order valence-electron chi connectivity index (χ0n) is 22.2. The number of nitrogens with one attached hydrogen (secondary N) is 1. The van der Waals surface area contributed by atoms with Crippen molar-refractivity contribution in [2.24, 2.45) is 0 Å². The van der Waals surface area contributed by atoms with E-state index < -0.39 is 0 Å². The minimum Gasteiger partial charge on any atom is -0.508 e. The van der Waals surface area contributed by atoms with E-state index >= 15 is 0 Å². The van der Waals surface area contributed by atoms with E-state index in [1.54, 1.807) is 27.7 Å². The highest BCUT2D eigenvalue weighted by Gasteiger charge is 2.21. The number of hydrogen-bond donors (Lipinski definition) is 2. The second-order valence-electron chi connectivity index (χ2n) is 10.1. The maximum absolute atomic E-state index is 13.3. The minimum absolute atomic E-state index is 0.0499. The van der Waals surface area contributed by atoms with Gasteiger partial charge in [-0.1, -0.05) is 30.3 Å². The number of hydrogen-bond acceptors (Lipinski definition) is 6. The van der Waals surface area contributed by atoms with Gasteiger partial charge in [0.25, 0.3) is 0 Å². The number of phenolic OH excluding ortho intramolecular Hbond substituents is 1. The standard InChI is InChI=1S/C30H36N6O2/c1-22(32-23(2)25-7-5-4-6-8-25)24(3)36-30(38)35(21-31-36)28-11-9-26(10-12-28)33-17-19-34(20-18-33)27-13-15-29(37)16-14-27/h4-16,21-24,32,37H,17-20H2,1-3H3/t22-,23-,24-/m0/s1. The van der Waals surface area contributed by atoms with E-state index in [0.29, 0.717) is 0 Å².